The third-order valence-electron chi connectivity index (χ3n) is 4.81. The molecule has 0 aliphatic heterocycles. The number of fused-ring (bicyclic) bond motifs is 1. The van der Waals surface area contributed by atoms with Crippen LogP contribution in [0.3, 0.4) is 0 Å². The molecule has 1 amide bonds. The average Bonchev–Trinajstić information content (AvgIpc) is 3.07. The first-order valence-corrected chi connectivity index (χ1v) is 9.66. The Bertz CT molecular complexity index is 1150. The van der Waals surface area contributed by atoms with Crippen molar-refractivity contribution >= 4 is 34.8 Å². The molecule has 150 valence electrons. The number of amides is 1. The van der Waals surface area contributed by atoms with Gasteiger partial charge in [0.15, 0.2) is 5.65 Å². The van der Waals surface area contributed by atoms with Gasteiger partial charge in [0.05, 0.1) is 17.3 Å². The van der Waals surface area contributed by atoms with Crippen LogP contribution >= 0.6 is 23.2 Å². The first-order valence-electron chi connectivity index (χ1n) is 8.90. The average molecular weight is 434 g/mol. The Hall–Kier alpha value is -2.69. The summed E-state index contributed by atoms with van der Waals surface area (Å²) < 4.78 is 15.3. The Kier molecular flexibility index (Phi) is 6.06. The number of aryl methyl sites for hydroxylation is 2. The smallest absolute Gasteiger partial charge is 0.220 e. The lowest BCUT2D eigenvalue weighted by molar-refractivity contribution is -0.121. The third kappa shape index (κ3) is 4.19. The number of carbonyl (C=O) groups is 1. The zero-order chi connectivity index (χ0) is 21.3. The minimum atomic E-state index is -0.589. The van der Waals surface area contributed by atoms with Crippen LogP contribution in [-0.4, -0.2) is 20.5 Å². The lowest BCUT2D eigenvalue weighted by Gasteiger charge is -2.17. The number of nitrogens with one attached hydrogen (secondary N) is 1. The van der Waals surface area contributed by atoms with Crippen LogP contribution in [0.25, 0.3) is 5.65 Å². The molecule has 6 nitrogen and oxygen atoms in total. The van der Waals surface area contributed by atoms with E-state index >= 15 is 0 Å². The SMILES string of the molecule is Cc1nc2c(C#N)cnn2c(C)c1CCC(=O)NC(C)c1cc(F)c(Cl)cc1Cl. The van der Waals surface area contributed by atoms with E-state index < -0.39 is 11.9 Å². The summed E-state index contributed by atoms with van der Waals surface area (Å²) in [5, 5.41) is 16.4. The van der Waals surface area contributed by atoms with Gasteiger partial charge in [-0.2, -0.15) is 10.4 Å². The Labute approximate surface area is 177 Å². The fraction of sp³-hybridized carbons (Fsp3) is 0.300. The summed E-state index contributed by atoms with van der Waals surface area (Å²) in [7, 11) is 0. The highest BCUT2D eigenvalue weighted by Crippen LogP contribution is 2.28. The summed E-state index contributed by atoms with van der Waals surface area (Å²) in [4.78, 5) is 16.9. The number of benzene rings is 1. The maximum absolute atomic E-state index is 13.7. The summed E-state index contributed by atoms with van der Waals surface area (Å²) in [5.74, 6) is -0.797. The molecule has 0 aliphatic carbocycles. The molecule has 0 saturated heterocycles. The number of nitriles is 1. The highest BCUT2D eigenvalue weighted by Gasteiger charge is 2.18. The number of aromatic nitrogens is 3. The molecule has 1 atom stereocenters. The van der Waals surface area contributed by atoms with Crippen LogP contribution in [0.1, 0.15) is 47.5 Å². The molecule has 1 N–H and O–H groups in total. The van der Waals surface area contributed by atoms with Gasteiger partial charge in [0, 0.05) is 22.8 Å². The lowest BCUT2D eigenvalue weighted by Crippen LogP contribution is -2.27. The molecule has 9 heteroatoms. The van der Waals surface area contributed by atoms with E-state index in [4.69, 9.17) is 28.5 Å². The van der Waals surface area contributed by atoms with E-state index in [0.29, 0.717) is 23.2 Å². The van der Waals surface area contributed by atoms with Gasteiger partial charge in [-0.25, -0.2) is 13.9 Å². The van der Waals surface area contributed by atoms with Crippen molar-refractivity contribution < 1.29 is 9.18 Å². The van der Waals surface area contributed by atoms with E-state index in [-0.39, 0.29) is 22.4 Å². The second-order valence-corrected chi connectivity index (χ2v) is 7.56. The molecule has 0 fully saturated rings. The fourth-order valence-corrected chi connectivity index (χ4v) is 3.80. The number of rotatable bonds is 5. The van der Waals surface area contributed by atoms with Gasteiger partial charge >= 0.3 is 0 Å². The van der Waals surface area contributed by atoms with Crippen LogP contribution in [-0.2, 0) is 11.2 Å². The van der Waals surface area contributed by atoms with Crippen molar-refractivity contribution in [2.75, 3.05) is 0 Å². The molecule has 2 aromatic heterocycles. The van der Waals surface area contributed by atoms with Crippen molar-refractivity contribution in [3.63, 3.8) is 0 Å². The Balaban J connectivity index is 1.73. The molecule has 3 aromatic rings. The first kappa shape index (κ1) is 21.0. The standard InChI is InChI=1S/C20H18Cl2FN5O/c1-10-14(12(3)28-20(27-10)13(8-24)9-25-28)4-5-19(29)26-11(2)15-6-18(23)17(22)7-16(15)21/h6-7,9,11H,4-5H2,1-3H3,(H,26,29). The van der Waals surface area contributed by atoms with E-state index in [0.717, 1.165) is 17.0 Å². The first-order chi connectivity index (χ1) is 13.7. The summed E-state index contributed by atoms with van der Waals surface area (Å²) in [6.07, 6.45) is 2.13. The molecule has 3 rings (SSSR count). The van der Waals surface area contributed by atoms with Gasteiger partial charge in [-0.05, 0) is 50.5 Å². The normalized spacial score (nSPS) is 12.0. The second-order valence-electron chi connectivity index (χ2n) is 6.74. The molecule has 2 heterocycles. The van der Waals surface area contributed by atoms with Crippen molar-refractivity contribution in [2.45, 2.75) is 39.7 Å². The van der Waals surface area contributed by atoms with Gasteiger partial charge in [0.1, 0.15) is 17.4 Å². The van der Waals surface area contributed by atoms with E-state index in [1.165, 1.54) is 18.3 Å². The van der Waals surface area contributed by atoms with E-state index in [1.54, 1.807) is 11.4 Å². The fourth-order valence-electron chi connectivity index (χ4n) is 3.25. The van der Waals surface area contributed by atoms with Crippen molar-refractivity contribution in [1.82, 2.24) is 19.9 Å². The molecule has 0 spiro atoms. The Morgan fingerprint density at radius 2 is 2.07 bits per heavy atom. The number of carbonyl (C=O) groups excluding carboxylic acids is 1. The third-order valence-corrected chi connectivity index (χ3v) is 5.43. The maximum atomic E-state index is 13.7. The van der Waals surface area contributed by atoms with Crippen molar-refractivity contribution in [2.24, 2.45) is 0 Å². The van der Waals surface area contributed by atoms with E-state index in [1.807, 2.05) is 13.8 Å². The molecule has 29 heavy (non-hydrogen) atoms. The summed E-state index contributed by atoms with van der Waals surface area (Å²) in [6, 6.07) is 4.14. The second kappa shape index (κ2) is 8.36. The number of hydrogen-bond donors (Lipinski definition) is 1. The van der Waals surface area contributed by atoms with Gasteiger partial charge in [0.2, 0.25) is 5.91 Å². The highest BCUT2D eigenvalue weighted by atomic mass is 35.5. The molecule has 1 unspecified atom stereocenters. The van der Waals surface area contributed by atoms with Crippen LogP contribution in [0.15, 0.2) is 18.3 Å². The number of halogens is 3. The predicted molar refractivity (Wildman–Crippen MR) is 108 cm³/mol. The van der Waals surface area contributed by atoms with Crippen molar-refractivity contribution in [3.8, 4) is 6.07 Å². The topological polar surface area (TPSA) is 83.1 Å². The minimum Gasteiger partial charge on any atom is -0.350 e. The lowest BCUT2D eigenvalue weighted by atomic mass is 10.0. The monoisotopic (exact) mass is 433 g/mol. The largest absolute Gasteiger partial charge is 0.350 e. The van der Waals surface area contributed by atoms with Crippen molar-refractivity contribution in [3.05, 3.63) is 62.3 Å². The zero-order valence-electron chi connectivity index (χ0n) is 16.1. The quantitative estimate of drug-likeness (QED) is 0.601. The summed E-state index contributed by atoms with van der Waals surface area (Å²) >= 11 is 11.8. The zero-order valence-corrected chi connectivity index (χ0v) is 17.6. The van der Waals surface area contributed by atoms with E-state index in [9.17, 15) is 9.18 Å². The van der Waals surface area contributed by atoms with Crippen LogP contribution in [0.2, 0.25) is 10.0 Å². The summed E-state index contributed by atoms with van der Waals surface area (Å²) in [6.45, 7) is 5.44. The van der Waals surface area contributed by atoms with Gasteiger partial charge in [-0.1, -0.05) is 23.2 Å². The number of hydrogen-bond acceptors (Lipinski definition) is 4. The van der Waals surface area contributed by atoms with Gasteiger partial charge in [-0.15, -0.1) is 0 Å². The Morgan fingerprint density at radius 3 is 2.76 bits per heavy atom. The highest BCUT2D eigenvalue weighted by molar-refractivity contribution is 6.35. The predicted octanol–water partition coefficient (Wildman–Crippen LogP) is 4.47. The molecule has 0 aliphatic rings. The minimum absolute atomic E-state index is 0.0655. The maximum Gasteiger partial charge on any atom is 0.220 e. The number of nitrogens with zero attached hydrogens (tertiary/aromatic N) is 4. The molecule has 0 saturated carbocycles. The van der Waals surface area contributed by atoms with Crippen LogP contribution < -0.4 is 5.32 Å². The summed E-state index contributed by atoms with van der Waals surface area (Å²) in [5.41, 5.74) is 3.83. The van der Waals surface area contributed by atoms with Gasteiger partial charge in [0.25, 0.3) is 0 Å². The van der Waals surface area contributed by atoms with Gasteiger partial charge < -0.3 is 5.32 Å². The molecular formula is C20H18Cl2FN5O. The molecular weight excluding hydrogens is 416 g/mol. The van der Waals surface area contributed by atoms with E-state index in [2.05, 4.69) is 21.5 Å². The molecule has 1 aromatic carbocycles. The van der Waals surface area contributed by atoms with Crippen LogP contribution in [0.5, 0.6) is 0 Å². The van der Waals surface area contributed by atoms with Gasteiger partial charge in [-0.3, -0.25) is 4.79 Å². The van der Waals surface area contributed by atoms with Crippen LogP contribution in [0.4, 0.5) is 4.39 Å². The van der Waals surface area contributed by atoms with Crippen molar-refractivity contribution in [1.29, 1.82) is 5.26 Å². The Morgan fingerprint density at radius 1 is 1.34 bits per heavy atom. The molecule has 0 radical (unpaired) electrons. The molecule has 0 bridgehead atoms. The van der Waals surface area contributed by atoms with Crippen LogP contribution in [0, 0.1) is 31.0 Å².